The van der Waals surface area contributed by atoms with Gasteiger partial charge in [0.2, 0.25) is 4.77 Å². The van der Waals surface area contributed by atoms with Crippen molar-refractivity contribution in [2.75, 3.05) is 0 Å². The second-order valence-electron chi connectivity index (χ2n) is 5.37. The Morgan fingerprint density at radius 3 is 2.65 bits per heavy atom. The topological polar surface area (TPSA) is 66.5 Å². The molecule has 0 atom stereocenters. The van der Waals surface area contributed by atoms with Gasteiger partial charge in [0, 0.05) is 11.7 Å². The molecule has 6 heteroatoms. The van der Waals surface area contributed by atoms with Gasteiger partial charge in [0.25, 0.3) is 5.56 Å². The maximum atomic E-state index is 12.8. The van der Waals surface area contributed by atoms with Crippen molar-refractivity contribution in [3.05, 3.63) is 33.0 Å². The van der Waals surface area contributed by atoms with Crippen molar-refractivity contribution in [2.24, 2.45) is 0 Å². The number of aromatic nitrogens is 4. The molecule has 0 unspecified atom stereocenters. The summed E-state index contributed by atoms with van der Waals surface area (Å²) >= 11 is 4.95. The molecule has 0 radical (unpaired) electrons. The number of hydrogen-bond donors (Lipinski definition) is 2. The van der Waals surface area contributed by atoms with E-state index in [2.05, 4.69) is 15.2 Å². The van der Waals surface area contributed by atoms with Gasteiger partial charge in [0.05, 0.1) is 5.56 Å². The van der Waals surface area contributed by atoms with Gasteiger partial charge in [-0.1, -0.05) is 19.3 Å². The number of rotatable bonds is 2. The Morgan fingerprint density at radius 2 is 2.00 bits per heavy atom. The fourth-order valence-corrected chi connectivity index (χ4v) is 3.16. The monoisotopic (exact) mass is 290 g/mol. The lowest BCUT2D eigenvalue weighted by Gasteiger charge is -2.26. The smallest absolute Gasteiger partial charge is 0.262 e. The Labute approximate surface area is 122 Å². The van der Waals surface area contributed by atoms with E-state index in [4.69, 9.17) is 12.2 Å². The minimum Gasteiger partial charge on any atom is -0.309 e. The van der Waals surface area contributed by atoms with Gasteiger partial charge in [-0.05, 0) is 44.1 Å². The maximum absolute atomic E-state index is 12.8. The van der Waals surface area contributed by atoms with Gasteiger partial charge in [-0.2, -0.15) is 4.98 Å². The van der Waals surface area contributed by atoms with E-state index in [1.807, 2.05) is 23.6 Å². The quantitative estimate of drug-likeness (QED) is 0.835. The van der Waals surface area contributed by atoms with Gasteiger partial charge in [-0.25, -0.2) is 0 Å². The van der Waals surface area contributed by atoms with Crippen molar-refractivity contribution in [3.8, 4) is 11.4 Å². The summed E-state index contributed by atoms with van der Waals surface area (Å²) in [5, 5.41) is 5.60. The molecule has 1 fully saturated rings. The van der Waals surface area contributed by atoms with Crippen LogP contribution in [0.1, 0.15) is 43.8 Å². The van der Waals surface area contributed by atoms with Gasteiger partial charge in [-0.3, -0.25) is 15.0 Å². The number of aromatic amines is 2. The molecule has 2 heterocycles. The Bertz CT molecular complexity index is 721. The van der Waals surface area contributed by atoms with E-state index in [9.17, 15) is 4.79 Å². The number of aryl methyl sites for hydroxylation is 1. The van der Waals surface area contributed by atoms with E-state index in [0.29, 0.717) is 22.2 Å². The Kier molecular flexibility index (Phi) is 3.56. The molecular formula is C14H18N4OS. The van der Waals surface area contributed by atoms with Gasteiger partial charge < -0.3 is 4.57 Å². The lowest BCUT2D eigenvalue weighted by molar-refractivity contribution is 0.342. The highest BCUT2D eigenvalue weighted by Gasteiger charge is 2.20. The first kappa shape index (κ1) is 13.3. The Morgan fingerprint density at radius 1 is 1.25 bits per heavy atom. The molecule has 3 rings (SSSR count). The number of hydrogen-bond acceptors (Lipinski definition) is 3. The van der Waals surface area contributed by atoms with Crippen LogP contribution in [0.25, 0.3) is 11.4 Å². The Hall–Kier alpha value is -1.69. The Balaban J connectivity index is 2.10. The SMILES string of the molecule is Cc1ccc(-c2nc(=S)[nH][nH]2)c(=O)n1C1CCCCC1. The van der Waals surface area contributed by atoms with E-state index >= 15 is 0 Å². The third kappa shape index (κ3) is 2.35. The summed E-state index contributed by atoms with van der Waals surface area (Å²) in [5.74, 6) is 0.518. The van der Waals surface area contributed by atoms with Crippen molar-refractivity contribution >= 4 is 12.2 Å². The highest BCUT2D eigenvalue weighted by Crippen LogP contribution is 2.28. The third-order valence-electron chi connectivity index (χ3n) is 4.02. The molecule has 1 aliphatic carbocycles. The van der Waals surface area contributed by atoms with Crippen LogP contribution in [0.2, 0.25) is 0 Å². The molecule has 0 spiro atoms. The average Bonchev–Trinajstić information content (AvgIpc) is 2.86. The first-order valence-corrected chi connectivity index (χ1v) is 7.45. The first-order chi connectivity index (χ1) is 9.66. The zero-order valence-electron chi connectivity index (χ0n) is 11.5. The van der Waals surface area contributed by atoms with Gasteiger partial charge in [0.1, 0.15) is 0 Å². The molecule has 20 heavy (non-hydrogen) atoms. The average molecular weight is 290 g/mol. The number of nitrogens with one attached hydrogen (secondary N) is 2. The van der Waals surface area contributed by atoms with Crippen molar-refractivity contribution in [2.45, 2.75) is 45.1 Å². The van der Waals surface area contributed by atoms with Crippen LogP contribution >= 0.6 is 12.2 Å². The molecule has 0 aliphatic heterocycles. The van der Waals surface area contributed by atoms with Crippen LogP contribution in [-0.2, 0) is 0 Å². The van der Waals surface area contributed by atoms with Crippen molar-refractivity contribution in [1.82, 2.24) is 19.7 Å². The normalized spacial score (nSPS) is 16.4. The van der Waals surface area contributed by atoms with E-state index in [0.717, 1.165) is 18.5 Å². The van der Waals surface area contributed by atoms with Crippen molar-refractivity contribution < 1.29 is 0 Å². The summed E-state index contributed by atoms with van der Waals surface area (Å²) in [7, 11) is 0. The van der Waals surface area contributed by atoms with Crippen molar-refractivity contribution in [1.29, 1.82) is 0 Å². The summed E-state index contributed by atoms with van der Waals surface area (Å²) in [6, 6.07) is 4.12. The molecular weight excluding hydrogens is 272 g/mol. The molecule has 5 nitrogen and oxygen atoms in total. The molecule has 2 aromatic rings. The summed E-state index contributed by atoms with van der Waals surface area (Å²) in [6.07, 6.45) is 5.84. The maximum Gasteiger partial charge on any atom is 0.262 e. The second kappa shape index (κ2) is 5.36. The molecule has 106 valence electrons. The van der Waals surface area contributed by atoms with E-state index in [1.54, 1.807) is 0 Å². The van der Waals surface area contributed by atoms with E-state index < -0.39 is 0 Å². The molecule has 2 N–H and O–H groups in total. The summed E-state index contributed by atoms with van der Waals surface area (Å²) in [6.45, 7) is 1.99. The van der Waals surface area contributed by atoms with Crippen LogP contribution in [0.3, 0.4) is 0 Å². The number of H-pyrrole nitrogens is 2. The fourth-order valence-electron chi connectivity index (χ4n) is 3.02. The van der Waals surface area contributed by atoms with E-state index in [-0.39, 0.29) is 5.56 Å². The number of pyridine rings is 1. The van der Waals surface area contributed by atoms with Gasteiger partial charge in [-0.15, -0.1) is 0 Å². The van der Waals surface area contributed by atoms with Crippen LogP contribution in [0.15, 0.2) is 16.9 Å². The molecule has 1 saturated carbocycles. The second-order valence-corrected chi connectivity index (χ2v) is 5.76. The summed E-state index contributed by atoms with van der Waals surface area (Å²) < 4.78 is 2.30. The summed E-state index contributed by atoms with van der Waals surface area (Å²) in [4.78, 5) is 16.9. The fraction of sp³-hybridized carbons (Fsp3) is 0.500. The molecule has 0 bridgehead atoms. The standard InChI is InChI=1S/C14H18N4OS/c1-9-7-8-11(12-15-14(20)17-16-12)13(19)18(9)10-5-3-2-4-6-10/h7-8,10H,2-6H2,1H3,(H2,15,16,17,20). The predicted molar refractivity (Wildman–Crippen MR) is 80.3 cm³/mol. The molecule has 0 amide bonds. The van der Waals surface area contributed by atoms with Crippen LogP contribution in [-0.4, -0.2) is 19.7 Å². The van der Waals surface area contributed by atoms with Gasteiger partial charge >= 0.3 is 0 Å². The van der Waals surface area contributed by atoms with Gasteiger partial charge in [0.15, 0.2) is 5.82 Å². The minimum absolute atomic E-state index is 0.0228. The lowest BCUT2D eigenvalue weighted by Crippen LogP contribution is -2.29. The number of nitrogens with zero attached hydrogens (tertiary/aromatic N) is 2. The highest BCUT2D eigenvalue weighted by molar-refractivity contribution is 7.71. The summed E-state index contributed by atoms with van der Waals surface area (Å²) in [5.41, 5.74) is 1.61. The predicted octanol–water partition coefficient (Wildman–Crippen LogP) is 3.11. The largest absolute Gasteiger partial charge is 0.309 e. The molecule has 2 aromatic heterocycles. The molecule has 1 aliphatic rings. The van der Waals surface area contributed by atoms with E-state index in [1.165, 1.54) is 19.3 Å². The molecule has 0 aromatic carbocycles. The minimum atomic E-state index is 0.0228. The molecule has 0 saturated heterocycles. The zero-order valence-corrected chi connectivity index (χ0v) is 12.3. The van der Waals surface area contributed by atoms with Crippen LogP contribution in [0.4, 0.5) is 0 Å². The lowest BCUT2D eigenvalue weighted by atomic mass is 9.94. The van der Waals surface area contributed by atoms with Crippen LogP contribution in [0, 0.1) is 11.7 Å². The first-order valence-electron chi connectivity index (χ1n) is 7.04. The highest BCUT2D eigenvalue weighted by atomic mass is 32.1. The third-order valence-corrected chi connectivity index (χ3v) is 4.21. The zero-order chi connectivity index (χ0) is 14.1. The van der Waals surface area contributed by atoms with Crippen molar-refractivity contribution in [3.63, 3.8) is 0 Å². The van der Waals surface area contributed by atoms with Crippen LogP contribution in [0.5, 0.6) is 0 Å². The van der Waals surface area contributed by atoms with Crippen LogP contribution < -0.4 is 5.56 Å².